The summed E-state index contributed by atoms with van der Waals surface area (Å²) in [6.07, 6.45) is 1.54. The fraction of sp³-hybridized carbons (Fsp3) is 0. The summed E-state index contributed by atoms with van der Waals surface area (Å²) in [5.74, 6) is -0.863. The SMILES string of the molecule is O=C1OC(c2ccccc2Cl)=N/C1=C/c1ccc(OC(=O)c2ccc([N+](=O)[O-])cc2)cc1. The van der Waals surface area contributed by atoms with Crippen LogP contribution in [0.15, 0.2) is 83.5 Å². The van der Waals surface area contributed by atoms with Crippen LogP contribution in [-0.4, -0.2) is 22.8 Å². The van der Waals surface area contributed by atoms with Gasteiger partial charge in [0, 0.05) is 12.1 Å². The summed E-state index contributed by atoms with van der Waals surface area (Å²) < 4.78 is 10.5. The van der Waals surface area contributed by atoms with Crippen LogP contribution >= 0.6 is 11.6 Å². The van der Waals surface area contributed by atoms with Gasteiger partial charge >= 0.3 is 11.9 Å². The predicted molar refractivity (Wildman–Crippen MR) is 117 cm³/mol. The van der Waals surface area contributed by atoms with E-state index in [1.54, 1.807) is 48.5 Å². The number of esters is 2. The first kappa shape index (κ1) is 21.0. The summed E-state index contributed by atoms with van der Waals surface area (Å²) in [4.78, 5) is 38.7. The van der Waals surface area contributed by atoms with Gasteiger partial charge in [-0.1, -0.05) is 35.9 Å². The topological polar surface area (TPSA) is 108 Å². The number of nitrogens with zero attached hydrogens (tertiary/aromatic N) is 2. The van der Waals surface area contributed by atoms with Crippen molar-refractivity contribution in [2.75, 3.05) is 0 Å². The molecule has 0 saturated heterocycles. The third-order valence-corrected chi connectivity index (χ3v) is 4.76. The van der Waals surface area contributed by atoms with Crippen molar-refractivity contribution in [3.8, 4) is 5.75 Å². The van der Waals surface area contributed by atoms with E-state index in [2.05, 4.69) is 4.99 Å². The van der Waals surface area contributed by atoms with Crippen molar-refractivity contribution in [3.63, 3.8) is 0 Å². The number of ether oxygens (including phenoxy) is 2. The number of hydrogen-bond acceptors (Lipinski definition) is 7. The number of carbonyl (C=O) groups excluding carboxylic acids is 2. The van der Waals surface area contributed by atoms with Gasteiger partial charge in [0.25, 0.3) is 5.69 Å². The molecule has 4 rings (SSSR count). The van der Waals surface area contributed by atoms with E-state index in [0.717, 1.165) is 0 Å². The van der Waals surface area contributed by atoms with Gasteiger partial charge in [-0.3, -0.25) is 10.1 Å². The summed E-state index contributed by atoms with van der Waals surface area (Å²) in [7, 11) is 0. The maximum atomic E-state index is 12.2. The standard InChI is InChI=1S/C23H13ClN2O6/c24-19-4-2-1-3-18(19)21-25-20(23(28)32-21)13-14-5-11-17(12-6-14)31-22(27)15-7-9-16(10-8-15)26(29)30/h1-13H/b20-13+. The first-order valence-corrected chi connectivity index (χ1v) is 9.63. The fourth-order valence-electron chi connectivity index (χ4n) is 2.83. The number of carbonyl (C=O) groups is 2. The van der Waals surface area contributed by atoms with E-state index >= 15 is 0 Å². The smallest absolute Gasteiger partial charge is 0.363 e. The third-order valence-electron chi connectivity index (χ3n) is 4.43. The number of rotatable bonds is 5. The van der Waals surface area contributed by atoms with E-state index in [1.165, 1.54) is 30.3 Å². The molecule has 0 aliphatic carbocycles. The van der Waals surface area contributed by atoms with Gasteiger partial charge in [0.15, 0.2) is 5.70 Å². The highest BCUT2D eigenvalue weighted by Gasteiger charge is 2.25. The molecule has 0 saturated carbocycles. The van der Waals surface area contributed by atoms with Gasteiger partial charge in [-0.05, 0) is 48.0 Å². The minimum Gasteiger partial charge on any atom is -0.423 e. The third kappa shape index (κ3) is 4.55. The zero-order valence-electron chi connectivity index (χ0n) is 16.2. The molecule has 0 atom stereocenters. The molecule has 0 N–H and O–H groups in total. The van der Waals surface area contributed by atoms with Gasteiger partial charge < -0.3 is 9.47 Å². The Morgan fingerprint density at radius 2 is 1.72 bits per heavy atom. The molecular weight excluding hydrogens is 436 g/mol. The monoisotopic (exact) mass is 448 g/mol. The Balaban J connectivity index is 1.47. The number of nitro groups is 1. The number of aliphatic imine (C=N–C) groups is 1. The second-order valence-electron chi connectivity index (χ2n) is 6.58. The van der Waals surface area contributed by atoms with Crippen LogP contribution in [0, 0.1) is 10.1 Å². The normalized spacial score (nSPS) is 14.1. The van der Waals surface area contributed by atoms with Crippen LogP contribution in [0.5, 0.6) is 5.75 Å². The van der Waals surface area contributed by atoms with Crippen molar-refractivity contribution in [2.45, 2.75) is 0 Å². The molecule has 0 spiro atoms. The molecule has 1 heterocycles. The summed E-state index contributed by atoms with van der Waals surface area (Å²) in [6.45, 7) is 0. The first-order valence-electron chi connectivity index (χ1n) is 9.25. The summed E-state index contributed by atoms with van der Waals surface area (Å²) in [5.41, 5.74) is 1.31. The quantitative estimate of drug-likeness (QED) is 0.182. The molecule has 0 radical (unpaired) electrons. The molecule has 0 aromatic heterocycles. The average molecular weight is 449 g/mol. The second kappa shape index (κ2) is 8.83. The number of hydrogen-bond donors (Lipinski definition) is 0. The lowest BCUT2D eigenvalue weighted by Crippen LogP contribution is -2.08. The molecule has 1 aliphatic rings. The lowest BCUT2D eigenvalue weighted by Gasteiger charge is -2.04. The van der Waals surface area contributed by atoms with Crippen molar-refractivity contribution in [1.82, 2.24) is 0 Å². The van der Waals surface area contributed by atoms with E-state index < -0.39 is 16.9 Å². The van der Waals surface area contributed by atoms with E-state index in [4.69, 9.17) is 21.1 Å². The van der Waals surface area contributed by atoms with Crippen LogP contribution < -0.4 is 4.74 Å². The Labute approximate surface area is 186 Å². The van der Waals surface area contributed by atoms with Crippen molar-refractivity contribution in [2.24, 2.45) is 4.99 Å². The highest BCUT2D eigenvalue weighted by atomic mass is 35.5. The number of non-ortho nitro benzene ring substituents is 1. The van der Waals surface area contributed by atoms with Crippen LogP contribution in [0.25, 0.3) is 6.08 Å². The Hall–Kier alpha value is -4.30. The number of halogens is 1. The molecule has 3 aromatic carbocycles. The molecule has 9 heteroatoms. The van der Waals surface area contributed by atoms with E-state index in [9.17, 15) is 19.7 Å². The van der Waals surface area contributed by atoms with Crippen LogP contribution in [-0.2, 0) is 9.53 Å². The van der Waals surface area contributed by atoms with Crippen LogP contribution in [0.3, 0.4) is 0 Å². The van der Waals surface area contributed by atoms with Crippen molar-refractivity contribution in [3.05, 3.63) is 110 Å². The van der Waals surface area contributed by atoms with Gasteiger partial charge in [-0.25, -0.2) is 14.6 Å². The maximum absolute atomic E-state index is 12.2. The van der Waals surface area contributed by atoms with Crippen LogP contribution in [0.4, 0.5) is 5.69 Å². The largest absolute Gasteiger partial charge is 0.423 e. The molecule has 0 fully saturated rings. The summed E-state index contributed by atoms with van der Waals surface area (Å²) >= 11 is 6.12. The number of nitro benzene ring substituents is 1. The molecule has 3 aromatic rings. The predicted octanol–water partition coefficient (Wildman–Crippen LogP) is 4.81. The van der Waals surface area contributed by atoms with Gasteiger partial charge in [-0.2, -0.15) is 0 Å². The van der Waals surface area contributed by atoms with Gasteiger partial charge in [-0.15, -0.1) is 0 Å². The minimum atomic E-state index is -0.653. The van der Waals surface area contributed by atoms with Crippen LogP contribution in [0.1, 0.15) is 21.5 Å². The van der Waals surface area contributed by atoms with Gasteiger partial charge in [0.2, 0.25) is 5.90 Å². The highest BCUT2D eigenvalue weighted by molar-refractivity contribution is 6.34. The Morgan fingerprint density at radius 1 is 1.03 bits per heavy atom. The Bertz CT molecular complexity index is 1280. The zero-order valence-corrected chi connectivity index (χ0v) is 17.0. The molecule has 0 unspecified atom stereocenters. The lowest BCUT2D eigenvalue weighted by atomic mass is 10.2. The molecule has 158 valence electrons. The van der Waals surface area contributed by atoms with E-state index in [-0.39, 0.29) is 28.6 Å². The van der Waals surface area contributed by atoms with Crippen LogP contribution in [0.2, 0.25) is 5.02 Å². The van der Waals surface area contributed by atoms with Gasteiger partial charge in [0.05, 0.1) is 21.1 Å². The van der Waals surface area contributed by atoms with Crippen molar-refractivity contribution in [1.29, 1.82) is 0 Å². The summed E-state index contributed by atoms with van der Waals surface area (Å²) in [6, 6.07) is 18.4. The average Bonchev–Trinajstić information content (AvgIpc) is 3.15. The zero-order chi connectivity index (χ0) is 22.7. The highest BCUT2D eigenvalue weighted by Crippen LogP contribution is 2.24. The molecule has 8 nitrogen and oxygen atoms in total. The van der Waals surface area contributed by atoms with Gasteiger partial charge in [0.1, 0.15) is 5.75 Å². The molecule has 32 heavy (non-hydrogen) atoms. The fourth-order valence-corrected chi connectivity index (χ4v) is 3.05. The number of cyclic esters (lactones) is 1. The van der Waals surface area contributed by atoms with E-state index in [0.29, 0.717) is 16.1 Å². The first-order chi connectivity index (χ1) is 15.4. The lowest BCUT2D eigenvalue weighted by molar-refractivity contribution is -0.384. The molecule has 0 amide bonds. The molecular formula is C23H13ClN2O6. The molecule has 0 bridgehead atoms. The minimum absolute atomic E-state index is 0.107. The van der Waals surface area contributed by atoms with Crippen molar-refractivity contribution >= 4 is 41.2 Å². The summed E-state index contributed by atoms with van der Waals surface area (Å²) in [5, 5.41) is 11.1. The van der Waals surface area contributed by atoms with Crippen molar-refractivity contribution < 1.29 is 24.0 Å². The Kier molecular flexibility index (Phi) is 5.78. The Morgan fingerprint density at radius 3 is 2.38 bits per heavy atom. The van der Waals surface area contributed by atoms with E-state index in [1.807, 2.05) is 0 Å². The maximum Gasteiger partial charge on any atom is 0.363 e. The molecule has 1 aliphatic heterocycles. The second-order valence-corrected chi connectivity index (χ2v) is 6.99. The number of benzene rings is 3.